The Morgan fingerprint density at radius 3 is 2.05 bits per heavy atom. The lowest BCUT2D eigenvalue weighted by Crippen LogP contribution is -2.38. The van der Waals surface area contributed by atoms with Crippen LogP contribution in [0.15, 0.2) is 60.7 Å². The van der Waals surface area contributed by atoms with Gasteiger partial charge in [0.25, 0.3) is 0 Å². The Labute approximate surface area is 131 Å². The molecule has 2 aromatic rings. The molecule has 2 aromatic carbocycles. The second kappa shape index (κ2) is 8.08. The molecule has 1 heterocycles. The van der Waals surface area contributed by atoms with Gasteiger partial charge in [-0.15, -0.1) is 0 Å². The van der Waals surface area contributed by atoms with Gasteiger partial charge in [-0.25, -0.2) is 0 Å². The number of benzene rings is 2. The van der Waals surface area contributed by atoms with Crippen LogP contribution in [-0.4, -0.2) is 19.0 Å². The predicted molar refractivity (Wildman–Crippen MR) is 85.2 cm³/mol. The van der Waals surface area contributed by atoms with E-state index in [9.17, 15) is 0 Å². The average molecular weight is 298 g/mol. The lowest BCUT2D eigenvalue weighted by atomic mass is 10.1. The number of ether oxygens (including phenoxy) is 3. The highest BCUT2D eigenvalue weighted by molar-refractivity contribution is 5.14. The molecule has 1 aliphatic heterocycles. The van der Waals surface area contributed by atoms with Gasteiger partial charge in [0, 0.05) is 6.61 Å². The maximum Gasteiger partial charge on any atom is 0.184 e. The van der Waals surface area contributed by atoms with Crippen LogP contribution < -0.4 is 0 Å². The van der Waals surface area contributed by atoms with E-state index in [1.165, 1.54) is 5.56 Å². The summed E-state index contributed by atoms with van der Waals surface area (Å²) in [6, 6.07) is 20.4. The van der Waals surface area contributed by atoms with Gasteiger partial charge in [0.1, 0.15) is 6.10 Å². The molecule has 0 radical (unpaired) electrons. The van der Waals surface area contributed by atoms with Crippen LogP contribution in [0.2, 0.25) is 0 Å². The van der Waals surface area contributed by atoms with Gasteiger partial charge in [0.05, 0.1) is 13.2 Å². The van der Waals surface area contributed by atoms with Crippen molar-refractivity contribution in [3.63, 3.8) is 0 Å². The molecule has 3 rings (SSSR count). The average Bonchev–Trinajstić information content (AvgIpc) is 2.61. The van der Waals surface area contributed by atoms with Crippen molar-refractivity contribution >= 4 is 0 Å². The number of rotatable bonds is 6. The Bertz CT molecular complexity index is 490. The van der Waals surface area contributed by atoms with E-state index in [0.717, 1.165) is 25.0 Å². The third-order valence-corrected chi connectivity index (χ3v) is 3.78. The highest BCUT2D eigenvalue weighted by Crippen LogP contribution is 2.21. The molecule has 0 N–H and O–H groups in total. The Morgan fingerprint density at radius 2 is 1.41 bits per heavy atom. The SMILES string of the molecule is c1ccc(COC2CCCOC2OCc2ccccc2)cc1. The van der Waals surface area contributed by atoms with E-state index >= 15 is 0 Å². The summed E-state index contributed by atoms with van der Waals surface area (Å²) in [6.07, 6.45) is 1.71. The van der Waals surface area contributed by atoms with Crippen LogP contribution in [0.5, 0.6) is 0 Å². The fourth-order valence-electron chi connectivity index (χ4n) is 2.57. The summed E-state index contributed by atoms with van der Waals surface area (Å²) in [5, 5.41) is 0. The lowest BCUT2D eigenvalue weighted by molar-refractivity contribution is -0.235. The molecule has 0 bridgehead atoms. The fourth-order valence-corrected chi connectivity index (χ4v) is 2.57. The van der Waals surface area contributed by atoms with E-state index < -0.39 is 0 Å². The molecule has 3 heteroatoms. The minimum absolute atomic E-state index is 0.00216. The van der Waals surface area contributed by atoms with Crippen molar-refractivity contribution in [2.75, 3.05) is 6.61 Å². The minimum atomic E-state index is -0.280. The van der Waals surface area contributed by atoms with Gasteiger partial charge in [-0.1, -0.05) is 60.7 Å². The summed E-state index contributed by atoms with van der Waals surface area (Å²) >= 11 is 0. The summed E-state index contributed by atoms with van der Waals surface area (Å²) in [5.74, 6) is 0. The molecule has 0 amide bonds. The Kier molecular flexibility index (Phi) is 5.59. The van der Waals surface area contributed by atoms with Crippen LogP contribution in [0.25, 0.3) is 0 Å². The molecule has 0 saturated carbocycles. The summed E-state index contributed by atoms with van der Waals surface area (Å²) < 4.78 is 17.7. The van der Waals surface area contributed by atoms with Gasteiger partial charge < -0.3 is 14.2 Å². The van der Waals surface area contributed by atoms with Gasteiger partial charge in [0.2, 0.25) is 0 Å². The maximum atomic E-state index is 6.02. The fraction of sp³-hybridized carbons (Fsp3) is 0.368. The van der Waals surface area contributed by atoms with Crippen molar-refractivity contribution in [1.29, 1.82) is 0 Å². The van der Waals surface area contributed by atoms with E-state index in [4.69, 9.17) is 14.2 Å². The monoisotopic (exact) mass is 298 g/mol. The Hall–Kier alpha value is -1.68. The van der Waals surface area contributed by atoms with Crippen molar-refractivity contribution in [3.05, 3.63) is 71.8 Å². The highest BCUT2D eigenvalue weighted by Gasteiger charge is 2.27. The van der Waals surface area contributed by atoms with Crippen LogP contribution in [0, 0.1) is 0 Å². The van der Waals surface area contributed by atoms with Crippen LogP contribution in [-0.2, 0) is 27.4 Å². The minimum Gasteiger partial charge on any atom is -0.368 e. The molecule has 0 aliphatic carbocycles. The van der Waals surface area contributed by atoms with E-state index in [-0.39, 0.29) is 12.4 Å². The Balaban J connectivity index is 1.52. The predicted octanol–water partition coefficient (Wildman–Crippen LogP) is 3.93. The maximum absolute atomic E-state index is 6.02. The van der Waals surface area contributed by atoms with Crippen molar-refractivity contribution in [1.82, 2.24) is 0 Å². The van der Waals surface area contributed by atoms with Crippen molar-refractivity contribution < 1.29 is 14.2 Å². The summed E-state index contributed by atoms with van der Waals surface area (Å²) in [4.78, 5) is 0. The first-order valence-electron chi connectivity index (χ1n) is 7.84. The van der Waals surface area contributed by atoms with Crippen LogP contribution >= 0.6 is 0 Å². The molecule has 2 atom stereocenters. The van der Waals surface area contributed by atoms with E-state index in [1.54, 1.807) is 0 Å². The molecule has 22 heavy (non-hydrogen) atoms. The molecular weight excluding hydrogens is 276 g/mol. The first-order chi connectivity index (χ1) is 10.9. The smallest absolute Gasteiger partial charge is 0.184 e. The molecule has 0 spiro atoms. The molecular formula is C19H22O3. The second-order valence-electron chi connectivity index (χ2n) is 5.51. The van der Waals surface area contributed by atoms with Gasteiger partial charge in [-0.05, 0) is 24.0 Å². The van der Waals surface area contributed by atoms with Crippen molar-refractivity contribution in [2.45, 2.75) is 38.4 Å². The normalized spacial score (nSPS) is 21.6. The summed E-state index contributed by atoms with van der Waals surface area (Å²) in [5.41, 5.74) is 2.33. The van der Waals surface area contributed by atoms with Crippen LogP contribution in [0.3, 0.4) is 0 Å². The molecule has 0 aromatic heterocycles. The second-order valence-corrected chi connectivity index (χ2v) is 5.51. The zero-order valence-corrected chi connectivity index (χ0v) is 12.7. The quantitative estimate of drug-likeness (QED) is 0.809. The molecule has 1 fully saturated rings. The van der Waals surface area contributed by atoms with E-state index in [1.807, 2.05) is 36.4 Å². The molecule has 116 valence electrons. The largest absolute Gasteiger partial charge is 0.368 e. The van der Waals surface area contributed by atoms with Gasteiger partial charge in [-0.2, -0.15) is 0 Å². The van der Waals surface area contributed by atoms with Crippen LogP contribution in [0.4, 0.5) is 0 Å². The zero-order valence-electron chi connectivity index (χ0n) is 12.7. The summed E-state index contributed by atoms with van der Waals surface area (Å²) in [7, 11) is 0. The first kappa shape index (κ1) is 15.2. The van der Waals surface area contributed by atoms with Gasteiger partial charge in [0.15, 0.2) is 6.29 Å². The molecule has 1 saturated heterocycles. The van der Waals surface area contributed by atoms with Crippen molar-refractivity contribution in [2.24, 2.45) is 0 Å². The number of hydrogen-bond donors (Lipinski definition) is 0. The third kappa shape index (κ3) is 4.41. The standard InChI is InChI=1S/C19H22O3/c1-3-8-16(9-4-1)14-21-18-12-7-13-20-19(18)22-15-17-10-5-2-6-11-17/h1-6,8-11,18-19H,7,12-15H2. The topological polar surface area (TPSA) is 27.7 Å². The van der Waals surface area contributed by atoms with Crippen LogP contribution in [0.1, 0.15) is 24.0 Å². The van der Waals surface area contributed by atoms with Crippen molar-refractivity contribution in [3.8, 4) is 0 Å². The number of hydrogen-bond acceptors (Lipinski definition) is 3. The van der Waals surface area contributed by atoms with Gasteiger partial charge in [-0.3, -0.25) is 0 Å². The molecule has 3 nitrogen and oxygen atoms in total. The third-order valence-electron chi connectivity index (χ3n) is 3.78. The first-order valence-corrected chi connectivity index (χ1v) is 7.84. The van der Waals surface area contributed by atoms with E-state index in [2.05, 4.69) is 24.3 Å². The van der Waals surface area contributed by atoms with Gasteiger partial charge >= 0.3 is 0 Å². The molecule has 2 unspecified atom stereocenters. The Morgan fingerprint density at radius 1 is 0.818 bits per heavy atom. The zero-order chi connectivity index (χ0) is 15.0. The summed E-state index contributed by atoms with van der Waals surface area (Å²) in [6.45, 7) is 1.89. The lowest BCUT2D eigenvalue weighted by Gasteiger charge is -2.31. The highest BCUT2D eigenvalue weighted by atomic mass is 16.7. The van der Waals surface area contributed by atoms with E-state index in [0.29, 0.717) is 13.2 Å². The molecule has 1 aliphatic rings.